The summed E-state index contributed by atoms with van der Waals surface area (Å²) >= 11 is 0. The molecule has 3 heterocycles. The summed E-state index contributed by atoms with van der Waals surface area (Å²) in [6.45, 7) is 59.1. The topological polar surface area (TPSA) is 111 Å². The summed E-state index contributed by atoms with van der Waals surface area (Å²) in [6.07, 6.45) is 0. The van der Waals surface area contributed by atoms with Crippen molar-refractivity contribution in [2.24, 2.45) is 0 Å². The molecular formula is C48H78O12Si12. The summed E-state index contributed by atoms with van der Waals surface area (Å²) < 4.78 is 78.1. The van der Waals surface area contributed by atoms with Crippen molar-refractivity contribution in [3.05, 3.63) is 201 Å². The molecule has 3 saturated heterocycles. The highest BCUT2D eigenvalue weighted by atomic mass is 28.5. The first-order chi connectivity index (χ1) is 33.3. The van der Waals surface area contributed by atoms with Gasteiger partial charge < -0.3 is 49.4 Å². The Morgan fingerprint density at radius 3 is 0.514 bits per heavy atom. The molecule has 390 valence electrons. The van der Waals surface area contributed by atoms with Gasteiger partial charge in [0.05, 0.1) is 0 Å². The van der Waals surface area contributed by atoms with Gasteiger partial charge in [-0.15, -0.1) is 59.2 Å². The fourth-order valence-corrected chi connectivity index (χ4v) is 63.9. The maximum atomic E-state index is 6.96. The van der Waals surface area contributed by atoms with Gasteiger partial charge in [-0.1, -0.05) is 142 Å². The lowest BCUT2D eigenvalue weighted by Gasteiger charge is -2.48. The molecule has 0 aromatic heterocycles. The van der Waals surface area contributed by atoms with E-state index in [0.29, 0.717) is 0 Å². The summed E-state index contributed by atoms with van der Waals surface area (Å²) in [5, 5.41) is 3.16. The Morgan fingerprint density at radius 2 is 0.361 bits per heavy atom. The maximum absolute atomic E-state index is 6.96. The first-order valence-electron chi connectivity index (χ1n) is 23.7. The summed E-state index contributed by atoms with van der Waals surface area (Å²) in [7, 11) is -32.4. The molecule has 3 fully saturated rings. The van der Waals surface area contributed by atoms with E-state index in [1.54, 1.807) is 39.9 Å². The second-order valence-corrected chi connectivity index (χ2v) is 58.3. The minimum Gasteiger partial charge on any atom is -0.410 e. The molecule has 0 aliphatic carbocycles. The van der Waals surface area contributed by atoms with Crippen molar-refractivity contribution in [2.45, 2.75) is 78.6 Å². The zero-order chi connectivity index (χ0) is 54.2. The Labute approximate surface area is 444 Å². The molecule has 3 aliphatic rings. The van der Waals surface area contributed by atoms with Crippen LogP contribution in [0.5, 0.6) is 0 Å². The Bertz CT molecular complexity index is 2260. The lowest BCUT2D eigenvalue weighted by atomic mass is 10.4. The molecule has 0 N–H and O–H groups in total. The van der Waals surface area contributed by atoms with Crippen molar-refractivity contribution in [1.82, 2.24) is 0 Å². The van der Waals surface area contributed by atoms with Crippen molar-refractivity contribution in [2.75, 3.05) is 0 Å². The smallest absolute Gasteiger partial charge is 0.352 e. The van der Waals surface area contributed by atoms with E-state index in [0.717, 1.165) is 15.6 Å². The number of rotatable bonds is 12. The average Bonchev–Trinajstić information content (AvgIpc) is 3.33. The zero-order valence-corrected chi connectivity index (χ0v) is 56.6. The molecule has 3 aromatic carbocycles. The Morgan fingerprint density at radius 1 is 0.222 bits per heavy atom. The van der Waals surface area contributed by atoms with Crippen LogP contribution in [0, 0.1) is 0 Å². The van der Waals surface area contributed by atoms with E-state index < -0.39 is 103 Å². The van der Waals surface area contributed by atoms with Gasteiger partial charge in [0, 0.05) is 0 Å². The summed E-state index contributed by atoms with van der Waals surface area (Å²) in [4.78, 5) is 0. The SMILES string of the molecule is C=C[Si]1(C)O[Si](C)(C=C)O[Si](C)(C=C)O[Si](C)(C=C)O1.C=C[Si]1(C)O[Si](C)(C=C)O[Si](C)(c2ccccc2)O[Si](C)(C=C)O1.C=C[Si]1(C)O[Si](C)(C=C)O[Si](C)(c2ccccc2)O[Si](C)(c2ccccc2)O1. The molecule has 6 unspecified atom stereocenters. The van der Waals surface area contributed by atoms with Crippen molar-refractivity contribution in [3.63, 3.8) is 0 Å². The van der Waals surface area contributed by atoms with Crippen molar-refractivity contribution in [1.29, 1.82) is 0 Å². The van der Waals surface area contributed by atoms with Gasteiger partial charge in [0.25, 0.3) is 0 Å². The molecule has 0 saturated carbocycles. The highest BCUT2D eigenvalue weighted by Crippen LogP contribution is 2.35. The van der Waals surface area contributed by atoms with E-state index >= 15 is 0 Å². The first-order valence-corrected chi connectivity index (χ1v) is 52.1. The monoisotopic (exact) mass is 1180 g/mol. The average molecular weight is 1180 g/mol. The van der Waals surface area contributed by atoms with Crippen LogP contribution >= 0.6 is 0 Å². The van der Waals surface area contributed by atoms with Gasteiger partial charge in [-0.2, -0.15) is 0 Å². The number of benzene rings is 3. The fourth-order valence-electron chi connectivity index (χ4n) is 8.31. The van der Waals surface area contributed by atoms with Gasteiger partial charge >= 0.3 is 103 Å². The van der Waals surface area contributed by atoms with Crippen LogP contribution in [0.1, 0.15) is 0 Å². The first kappa shape index (κ1) is 62.0. The maximum Gasteiger partial charge on any atom is 0.352 e. The molecule has 0 spiro atoms. The second kappa shape index (κ2) is 23.8. The zero-order valence-electron chi connectivity index (χ0n) is 44.6. The van der Waals surface area contributed by atoms with Gasteiger partial charge in [0.2, 0.25) is 0 Å². The molecule has 0 radical (unpaired) electrons. The molecule has 0 bridgehead atoms. The van der Waals surface area contributed by atoms with Gasteiger partial charge in [0.15, 0.2) is 0 Å². The highest BCUT2D eigenvalue weighted by Gasteiger charge is 2.59. The van der Waals surface area contributed by atoms with Crippen LogP contribution in [0.3, 0.4) is 0 Å². The quantitative estimate of drug-likeness (QED) is 0.161. The molecule has 0 amide bonds. The van der Waals surface area contributed by atoms with E-state index in [-0.39, 0.29) is 0 Å². The van der Waals surface area contributed by atoms with E-state index in [1.165, 1.54) is 0 Å². The van der Waals surface area contributed by atoms with Crippen LogP contribution in [0.15, 0.2) is 201 Å². The lowest BCUT2D eigenvalue weighted by Crippen LogP contribution is -2.72. The summed E-state index contributed by atoms with van der Waals surface area (Å²) in [5.41, 5.74) is 16.0. The molecule has 12 nitrogen and oxygen atoms in total. The summed E-state index contributed by atoms with van der Waals surface area (Å²) in [6, 6.07) is 30.3. The Kier molecular flexibility index (Phi) is 20.5. The van der Waals surface area contributed by atoms with Crippen LogP contribution in [-0.2, 0) is 49.4 Å². The molecular weight excluding hydrogens is 1110 g/mol. The van der Waals surface area contributed by atoms with Crippen LogP contribution in [-0.4, -0.2) is 103 Å². The lowest BCUT2D eigenvalue weighted by molar-refractivity contribution is 0.248. The molecule has 3 aliphatic heterocycles. The minimum atomic E-state index is -2.85. The van der Waals surface area contributed by atoms with Crippen LogP contribution in [0.2, 0.25) is 78.6 Å². The predicted octanol–water partition coefficient (Wildman–Crippen LogP) is 10.3. The Hall–Kier alpha value is -2.56. The van der Waals surface area contributed by atoms with Crippen LogP contribution in [0.4, 0.5) is 0 Å². The molecule has 24 heteroatoms. The van der Waals surface area contributed by atoms with Crippen molar-refractivity contribution in [3.8, 4) is 0 Å². The number of hydrogen-bond donors (Lipinski definition) is 0. The third-order valence-corrected chi connectivity index (χ3v) is 61.4. The van der Waals surface area contributed by atoms with E-state index in [4.69, 9.17) is 49.4 Å². The van der Waals surface area contributed by atoms with Crippen LogP contribution in [0.25, 0.3) is 0 Å². The number of hydrogen-bond acceptors (Lipinski definition) is 12. The molecule has 3 aromatic rings. The normalized spacial score (nSPS) is 40.2. The third-order valence-electron chi connectivity index (χ3n) is 12.0. The minimum absolute atomic E-state index is 1.04. The Balaban J connectivity index is 0.000000238. The molecule has 6 rings (SSSR count). The standard InChI is InChI=1S/C20H28O4Si4.C16H26O4Si4.C12H24O4Si4/c1-7-25(3)21-26(4,8-2)23-28(6,20-17-13-10-14-18-20)24-27(5,22-25)19-15-11-9-12-16-19;1-8-21(4)17-22(5,9-2)19-24(7,16-14-12-11-13-15-16)20-23(6,10-3)18-21;1-9-17(5)13-18(6,10-2)15-20(8,12-4)16-19(7,11-3)14-17/h7-18H,1-2H2,3-6H3;8-15H,1-3H2,4-7H3;9-12H,1-4H2,5-8H3. The van der Waals surface area contributed by atoms with Crippen molar-refractivity contribution >= 4 is 118 Å². The van der Waals surface area contributed by atoms with Gasteiger partial charge in [-0.05, 0) is 94.1 Å². The molecule has 6 atom stereocenters. The largest absolute Gasteiger partial charge is 0.410 e. The van der Waals surface area contributed by atoms with Gasteiger partial charge in [-0.25, -0.2) is 0 Å². The van der Waals surface area contributed by atoms with Crippen molar-refractivity contribution < 1.29 is 49.4 Å². The fraction of sp³-hybridized carbons (Fsp3) is 0.250. The predicted molar refractivity (Wildman–Crippen MR) is 322 cm³/mol. The van der Waals surface area contributed by atoms with Crippen LogP contribution < -0.4 is 15.6 Å². The van der Waals surface area contributed by atoms with Gasteiger partial charge in [0.1, 0.15) is 0 Å². The van der Waals surface area contributed by atoms with Gasteiger partial charge in [-0.3, -0.25) is 0 Å². The highest BCUT2D eigenvalue weighted by molar-refractivity contribution is 7.03. The second-order valence-electron chi connectivity index (χ2n) is 19.1. The van der Waals surface area contributed by atoms with E-state index in [1.807, 2.05) is 144 Å². The third kappa shape index (κ3) is 15.5. The van der Waals surface area contributed by atoms with E-state index in [2.05, 4.69) is 96.6 Å². The van der Waals surface area contributed by atoms with E-state index in [9.17, 15) is 0 Å². The molecule has 72 heavy (non-hydrogen) atoms. The summed E-state index contributed by atoms with van der Waals surface area (Å²) in [5.74, 6) is 0.